The van der Waals surface area contributed by atoms with Gasteiger partial charge in [0.1, 0.15) is 12.4 Å². The molecule has 9 heteroatoms. The molecule has 2 aromatic carbocycles. The van der Waals surface area contributed by atoms with Gasteiger partial charge < -0.3 is 14.2 Å². The van der Waals surface area contributed by atoms with E-state index in [0.717, 1.165) is 0 Å². The van der Waals surface area contributed by atoms with Crippen molar-refractivity contribution >= 4 is 27.9 Å². The maximum atomic E-state index is 12.6. The van der Waals surface area contributed by atoms with Gasteiger partial charge in [-0.25, -0.2) is 13.2 Å². The first kappa shape index (κ1) is 23.6. The fourth-order valence-electron chi connectivity index (χ4n) is 3.16. The highest BCUT2D eigenvalue weighted by atomic mass is 32.2. The molecule has 0 atom stereocenters. The molecule has 32 heavy (non-hydrogen) atoms. The molecule has 0 amide bonds. The van der Waals surface area contributed by atoms with Crippen molar-refractivity contribution in [3.05, 3.63) is 65.2 Å². The van der Waals surface area contributed by atoms with Crippen LogP contribution < -0.4 is 4.74 Å². The van der Waals surface area contributed by atoms with Crippen LogP contribution in [0, 0.1) is 0 Å². The van der Waals surface area contributed by atoms with Crippen molar-refractivity contribution in [1.29, 1.82) is 0 Å². The number of carbonyl (C=O) groups is 2. The summed E-state index contributed by atoms with van der Waals surface area (Å²) in [5, 5.41) is 0. The lowest BCUT2D eigenvalue weighted by molar-refractivity contribution is -0.138. The number of sulfonamides is 1. The van der Waals surface area contributed by atoms with Crippen LogP contribution >= 0.6 is 0 Å². The van der Waals surface area contributed by atoms with E-state index in [4.69, 9.17) is 14.2 Å². The van der Waals surface area contributed by atoms with E-state index < -0.39 is 16.0 Å². The molecule has 0 bridgehead atoms. The summed E-state index contributed by atoms with van der Waals surface area (Å²) in [6, 6.07) is 11.2. The van der Waals surface area contributed by atoms with Gasteiger partial charge in [0.25, 0.3) is 0 Å². The predicted octanol–water partition coefficient (Wildman–Crippen LogP) is 2.68. The van der Waals surface area contributed by atoms with Gasteiger partial charge in [-0.05, 0) is 48.9 Å². The van der Waals surface area contributed by atoms with Crippen molar-refractivity contribution in [3.8, 4) is 5.75 Å². The highest BCUT2D eigenvalue weighted by Crippen LogP contribution is 2.22. The van der Waals surface area contributed by atoms with Crippen LogP contribution in [-0.4, -0.2) is 57.9 Å². The third-order valence-corrected chi connectivity index (χ3v) is 6.87. The highest BCUT2D eigenvalue weighted by Gasteiger charge is 2.25. The van der Waals surface area contributed by atoms with E-state index in [1.54, 1.807) is 30.3 Å². The fourth-order valence-corrected chi connectivity index (χ4v) is 4.57. The summed E-state index contributed by atoms with van der Waals surface area (Å²) in [7, 11) is -2.07. The Morgan fingerprint density at radius 1 is 1.09 bits per heavy atom. The second kappa shape index (κ2) is 10.5. The van der Waals surface area contributed by atoms with Crippen molar-refractivity contribution in [2.45, 2.75) is 18.4 Å². The largest absolute Gasteiger partial charge is 0.496 e. The summed E-state index contributed by atoms with van der Waals surface area (Å²) >= 11 is 0. The number of carbonyl (C=O) groups excluding carboxylic acids is 2. The van der Waals surface area contributed by atoms with Crippen LogP contribution in [0.15, 0.2) is 53.4 Å². The second-order valence-corrected chi connectivity index (χ2v) is 9.05. The van der Waals surface area contributed by atoms with Gasteiger partial charge >= 0.3 is 5.97 Å². The maximum absolute atomic E-state index is 12.6. The topological polar surface area (TPSA) is 99.2 Å². The van der Waals surface area contributed by atoms with Crippen molar-refractivity contribution in [2.75, 3.05) is 33.4 Å². The molecule has 0 unspecified atom stereocenters. The van der Waals surface area contributed by atoms with E-state index in [-0.39, 0.29) is 17.3 Å². The number of Topliss-reactive ketones (excluding diaryl/α,β-unsaturated/α-hetero) is 1. The second-order valence-electron chi connectivity index (χ2n) is 7.11. The first-order valence-corrected chi connectivity index (χ1v) is 11.5. The molecule has 0 radical (unpaired) electrons. The van der Waals surface area contributed by atoms with Crippen molar-refractivity contribution in [2.24, 2.45) is 0 Å². The Kier molecular flexibility index (Phi) is 7.79. The van der Waals surface area contributed by atoms with Crippen molar-refractivity contribution in [3.63, 3.8) is 0 Å². The van der Waals surface area contributed by atoms with Crippen LogP contribution in [0.25, 0.3) is 6.08 Å². The molecule has 3 rings (SSSR count). The van der Waals surface area contributed by atoms with E-state index in [2.05, 4.69) is 0 Å². The number of methoxy groups -OCH3 is 1. The normalized spacial score (nSPS) is 14.9. The minimum Gasteiger partial charge on any atom is -0.496 e. The number of rotatable bonds is 8. The Morgan fingerprint density at radius 2 is 1.78 bits per heavy atom. The lowest BCUT2D eigenvalue weighted by Crippen LogP contribution is -2.40. The summed E-state index contributed by atoms with van der Waals surface area (Å²) in [5.74, 6) is -0.159. The quantitative estimate of drug-likeness (QED) is 0.340. The van der Waals surface area contributed by atoms with Crippen LogP contribution in [-0.2, 0) is 30.9 Å². The predicted molar refractivity (Wildman–Crippen MR) is 118 cm³/mol. The number of hydrogen-bond acceptors (Lipinski definition) is 7. The molecule has 1 heterocycles. The van der Waals surface area contributed by atoms with Gasteiger partial charge in [0.05, 0.1) is 25.2 Å². The Hall–Kier alpha value is -3.01. The average molecular weight is 460 g/mol. The van der Waals surface area contributed by atoms with Gasteiger partial charge in [0.15, 0.2) is 5.78 Å². The molecule has 2 aromatic rings. The average Bonchev–Trinajstić information content (AvgIpc) is 2.82. The van der Waals surface area contributed by atoms with Crippen LogP contribution in [0.2, 0.25) is 0 Å². The molecular formula is C23H25NO7S. The summed E-state index contributed by atoms with van der Waals surface area (Å²) in [6.07, 6.45) is 2.80. The van der Waals surface area contributed by atoms with E-state index >= 15 is 0 Å². The monoisotopic (exact) mass is 459 g/mol. The number of ether oxygens (including phenoxy) is 3. The number of morpholine rings is 1. The Labute approximate surface area is 187 Å². The smallest absolute Gasteiger partial charge is 0.331 e. The number of hydrogen-bond donors (Lipinski definition) is 0. The Balaban J connectivity index is 1.61. The first-order valence-electron chi connectivity index (χ1n) is 10.0. The van der Waals surface area contributed by atoms with Crippen LogP contribution in [0.3, 0.4) is 0 Å². The third-order valence-electron chi connectivity index (χ3n) is 4.96. The Morgan fingerprint density at radius 3 is 2.41 bits per heavy atom. The molecule has 0 spiro atoms. The number of esters is 1. The highest BCUT2D eigenvalue weighted by molar-refractivity contribution is 7.89. The van der Waals surface area contributed by atoms with Crippen LogP contribution in [0.5, 0.6) is 5.75 Å². The van der Waals surface area contributed by atoms with Crippen molar-refractivity contribution < 1.29 is 32.2 Å². The third kappa shape index (κ3) is 5.82. The lowest BCUT2D eigenvalue weighted by atomic mass is 10.1. The lowest BCUT2D eigenvalue weighted by Gasteiger charge is -2.26. The molecule has 1 aliphatic heterocycles. The van der Waals surface area contributed by atoms with Gasteiger partial charge in [-0.15, -0.1) is 0 Å². The molecule has 170 valence electrons. The van der Waals surface area contributed by atoms with Gasteiger partial charge in [0.2, 0.25) is 10.0 Å². The zero-order chi connectivity index (χ0) is 23.1. The molecule has 0 saturated carbocycles. The van der Waals surface area contributed by atoms with E-state index in [0.29, 0.717) is 48.7 Å². The standard InChI is InChI=1S/C23H25NO7S/c1-17(25)19-6-9-22(29-2)20(15-19)16-31-23(26)10-5-18-3-7-21(8-4-18)32(27,28)24-11-13-30-14-12-24/h3-10,15H,11-14,16H2,1-2H3. The molecule has 1 saturated heterocycles. The molecular weight excluding hydrogens is 434 g/mol. The van der Waals surface area contributed by atoms with Crippen LogP contribution in [0.1, 0.15) is 28.4 Å². The number of nitrogens with zero attached hydrogens (tertiary/aromatic N) is 1. The van der Waals surface area contributed by atoms with E-state index in [1.165, 1.54) is 42.6 Å². The van der Waals surface area contributed by atoms with Crippen LogP contribution in [0.4, 0.5) is 0 Å². The van der Waals surface area contributed by atoms with Gasteiger partial charge in [-0.1, -0.05) is 12.1 Å². The molecule has 0 aliphatic carbocycles. The molecule has 8 nitrogen and oxygen atoms in total. The molecule has 0 aromatic heterocycles. The zero-order valence-corrected chi connectivity index (χ0v) is 18.8. The molecule has 1 aliphatic rings. The van der Waals surface area contributed by atoms with Crippen molar-refractivity contribution in [1.82, 2.24) is 4.31 Å². The summed E-state index contributed by atoms with van der Waals surface area (Å²) in [5.41, 5.74) is 1.73. The first-order chi connectivity index (χ1) is 15.3. The van der Waals surface area contributed by atoms with E-state index in [1.807, 2.05) is 0 Å². The van der Waals surface area contributed by atoms with E-state index in [9.17, 15) is 18.0 Å². The van der Waals surface area contributed by atoms with Gasteiger partial charge in [0, 0.05) is 30.3 Å². The summed E-state index contributed by atoms with van der Waals surface area (Å²) in [6.45, 7) is 2.83. The summed E-state index contributed by atoms with van der Waals surface area (Å²) < 4.78 is 42.4. The SMILES string of the molecule is COc1ccc(C(C)=O)cc1COC(=O)C=Cc1ccc(S(=O)(=O)N2CCOCC2)cc1. The fraction of sp³-hybridized carbons (Fsp3) is 0.304. The van der Waals surface area contributed by atoms with Gasteiger partial charge in [-0.2, -0.15) is 4.31 Å². The van der Waals surface area contributed by atoms with Gasteiger partial charge in [-0.3, -0.25) is 4.79 Å². The number of benzene rings is 2. The maximum Gasteiger partial charge on any atom is 0.331 e. The minimum atomic E-state index is -3.56. The minimum absolute atomic E-state index is 0.0514. The zero-order valence-electron chi connectivity index (χ0n) is 17.9. The summed E-state index contributed by atoms with van der Waals surface area (Å²) in [4.78, 5) is 23.9. The Bertz CT molecular complexity index is 1100. The molecule has 0 N–H and O–H groups in total. The molecule has 1 fully saturated rings. The number of ketones is 1.